The van der Waals surface area contributed by atoms with E-state index in [1.807, 2.05) is 0 Å². The SMILES string of the molecule is CC(C)[C@@H]1CC[C@]2(C(=O)O)CC[C@]3(C)[C@H](CC[C@@H]4[C@@]5(C)CC=CC(C)(C)[C@@H]5CC[C@]43C)[C@@H]12. The third-order valence-corrected chi connectivity index (χ3v) is 13.0. The van der Waals surface area contributed by atoms with Gasteiger partial charge in [-0.25, -0.2) is 0 Å². The molecule has 0 aromatic heterocycles. The fraction of sp³-hybridized carbons (Fsp3) is 0.900. The van der Waals surface area contributed by atoms with E-state index in [2.05, 4.69) is 60.6 Å². The maximum absolute atomic E-state index is 12.8. The second kappa shape index (κ2) is 6.88. The second-order valence-electron chi connectivity index (χ2n) is 14.5. The van der Waals surface area contributed by atoms with Crippen LogP contribution in [-0.2, 0) is 4.79 Å². The third kappa shape index (κ3) is 2.62. The van der Waals surface area contributed by atoms with Crippen LogP contribution in [0.25, 0.3) is 0 Å². The average molecular weight is 441 g/mol. The van der Waals surface area contributed by atoms with E-state index in [0.717, 1.165) is 37.5 Å². The summed E-state index contributed by atoms with van der Waals surface area (Å²) in [4.78, 5) is 12.8. The van der Waals surface area contributed by atoms with E-state index in [9.17, 15) is 9.90 Å². The molecule has 9 atom stereocenters. The fourth-order valence-corrected chi connectivity index (χ4v) is 11.4. The molecule has 32 heavy (non-hydrogen) atoms. The van der Waals surface area contributed by atoms with Crippen LogP contribution in [0.15, 0.2) is 12.2 Å². The van der Waals surface area contributed by atoms with Crippen molar-refractivity contribution in [1.29, 1.82) is 0 Å². The van der Waals surface area contributed by atoms with Crippen molar-refractivity contribution in [2.24, 2.45) is 62.6 Å². The van der Waals surface area contributed by atoms with Crippen LogP contribution in [0.5, 0.6) is 0 Å². The molecule has 0 saturated heterocycles. The zero-order valence-electron chi connectivity index (χ0n) is 21.8. The normalized spacial score (nSPS) is 53.8. The fourth-order valence-electron chi connectivity index (χ4n) is 11.4. The molecule has 5 aliphatic carbocycles. The summed E-state index contributed by atoms with van der Waals surface area (Å²) in [5, 5.41) is 10.5. The summed E-state index contributed by atoms with van der Waals surface area (Å²) in [5.74, 6) is 3.19. The molecular formula is C30H48O2. The summed E-state index contributed by atoms with van der Waals surface area (Å²) in [6.07, 6.45) is 15.6. The minimum absolute atomic E-state index is 0.274. The molecule has 4 fully saturated rings. The molecule has 0 aromatic rings. The van der Waals surface area contributed by atoms with Gasteiger partial charge in [0.1, 0.15) is 0 Å². The minimum Gasteiger partial charge on any atom is -0.481 e. The molecule has 0 unspecified atom stereocenters. The van der Waals surface area contributed by atoms with E-state index in [0.29, 0.717) is 39.9 Å². The number of allylic oxidation sites excluding steroid dienone is 2. The number of carboxylic acids is 1. The standard InChI is InChI=1S/C30H48O2/c1-19(2)20-11-16-30(25(31)32)18-17-28(6)21(24(20)30)9-10-23-27(5)14-8-13-26(3,4)22(27)12-15-29(23,28)7/h8,13,19-24H,9-12,14-18H2,1-7H3,(H,31,32)/t20-,21+,22-,23+,24+,27-,28+,29+,30-/m0/s1. The Balaban J connectivity index is 1.57. The second-order valence-corrected chi connectivity index (χ2v) is 14.5. The summed E-state index contributed by atoms with van der Waals surface area (Å²) in [5.41, 5.74) is 0.839. The highest BCUT2D eigenvalue weighted by molar-refractivity contribution is 5.76. The van der Waals surface area contributed by atoms with E-state index >= 15 is 0 Å². The highest BCUT2D eigenvalue weighted by atomic mass is 16.4. The van der Waals surface area contributed by atoms with Gasteiger partial charge < -0.3 is 5.11 Å². The highest BCUT2D eigenvalue weighted by Gasteiger charge is 2.71. The maximum Gasteiger partial charge on any atom is 0.309 e. The van der Waals surface area contributed by atoms with Gasteiger partial charge in [-0.2, -0.15) is 0 Å². The van der Waals surface area contributed by atoms with Gasteiger partial charge in [0.05, 0.1) is 5.41 Å². The van der Waals surface area contributed by atoms with Crippen molar-refractivity contribution in [2.75, 3.05) is 0 Å². The molecular weight excluding hydrogens is 392 g/mol. The highest BCUT2D eigenvalue weighted by Crippen LogP contribution is 2.77. The first-order valence-corrected chi connectivity index (χ1v) is 13.7. The van der Waals surface area contributed by atoms with Gasteiger partial charge in [0, 0.05) is 0 Å². The van der Waals surface area contributed by atoms with Crippen molar-refractivity contribution in [2.45, 2.75) is 106 Å². The molecule has 1 N–H and O–H groups in total. The summed E-state index contributed by atoms with van der Waals surface area (Å²) in [7, 11) is 0. The zero-order chi connectivity index (χ0) is 23.3. The Morgan fingerprint density at radius 1 is 0.875 bits per heavy atom. The Hall–Kier alpha value is -0.790. The van der Waals surface area contributed by atoms with E-state index in [1.165, 1.54) is 32.1 Å². The summed E-state index contributed by atoms with van der Waals surface area (Å²) in [6.45, 7) is 17.5. The molecule has 0 spiro atoms. The predicted octanol–water partition coefficient (Wildman–Crippen LogP) is 7.97. The summed E-state index contributed by atoms with van der Waals surface area (Å²) >= 11 is 0. The van der Waals surface area contributed by atoms with Crippen molar-refractivity contribution in [3.63, 3.8) is 0 Å². The van der Waals surface area contributed by atoms with Gasteiger partial charge in [-0.3, -0.25) is 4.79 Å². The molecule has 0 bridgehead atoms. The average Bonchev–Trinajstić information content (AvgIpc) is 3.09. The van der Waals surface area contributed by atoms with Gasteiger partial charge in [-0.1, -0.05) is 60.6 Å². The Kier molecular flexibility index (Phi) is 4.94. The molecule has 5 rings (SSSR count). The monoisotopic (exact) mass is 440 g/mol. The molecule has 0 heterocycles. The van der Waals surface area contributed by atoms with Crippen LogP contribution >= 0.6 is 0 Å². The van der Waals surface area contributed by atoms with Crippen LogP contribution in [0.3, 0.4) is 0 Å². The molecule has 180 valence electrons. The smallest absolute Gasteiger partial charge is 0.309 e. The predicted molar refractivity (Wildman–Crippen MR) is 131 cm³/mol. The van der Waals surface area contributed by atoms with Crippen molar-refractivity contribution in [3.05, 3.63) is 12.2 Å². The third-order valence-electron chi connectivity index (χ3n) is 13.0. The van der Waals surface area contributed by atoms with Crippen LogP contribution < -0.4 is 0 Å². The van der Waals surface area contributed by atoms with Crippen LogP contribution in [0.1, 0.15) is 106 Å². The number of carboxylic acid groups (broad SMARTS) is 1. The number of hydrogen-bond donors (Lipinski definition) is 1. The molecule has 4 saturated carbocycles. The topological polar surface area (TPSA) is 37.3 Å². The molecule has 2 nitrogen and oxygen atoms in total. The number of aliphatic carboxylic acids is 1. The molecule has 0 aliphatic heterocycles. The zero-order valence-corrected chi connectivity index (χ0v) is 21.8. The van der Waals surface area contributed by atoms with Gasteiger partial charge in [-0.05, 0) is 115 Å². The van der Waals surface area contributed by atoms with Gasteiger partial charge in [0.15, 0.2) is 0 Å². The summed E-state index contributed by atoms with van der Waals surface area (Å²) in [6, 6.07) is 0. The van der Waals surface area contributed by atoms with Crippen molar-refractivity contribution >= 4 is 5.97 Å². The lowest BCUT2D eigenvalue weighted by Crippen LogP contribution is -2.65. The van der Waals surface area contributed by atoms with Crippen molar-refractivity contribution in [1.82, 2.24) is 0 Å². The molecule has 2 heteroatoms. The van der Waals surface area contributed by atoms with E-state index in [1.54, 1.807) is 0 Å². The molecule has 0 amide bonds. The lowest BCUT2D eigenvalue weighted by Gasteiger charge is -2.72. The Bertz CT molecular complexity index is 825. The Labute approximate surface area is 197 Å². The molecule has 0 aromatic carbocycles. The van der Waals surface area contributed by atoms with E-state index < -0.39 is 11.4 Å². The van der Waals surface area contributed by atoms with Crippen LogP contribution in [-0.4, -0.2) is 11.1 Å². The minimum atomic E-state index is -0.477. The first-order chi connectivity index (χ1) is 14.8. The van der Waals surface area contributed by atoms with Gasteiger partial charge in [-0.15, -0.1) is 0 Å². The van der Waals surface area contributed by atoms with Gasteiger partial charge in [0.2, 0.25) is 0 Å². The van der Waals surface area contributed by atoms with Gasteiger partial charge in [0.25, 0.3) is 0 Å². The summed E-state index contributed by atoms with van der Waals surface area (Å²) < 4.78 is 0. The van der Waals surface area contributed by atoms with E-state index in [4.69, 9.17) is 0 Å². The van der Waals surface area contributed by atoms with Crippen LogP contribution in [0, 0.1) is 62.6 Å². The first-order valence-electron chi connectivity index (χ1n) is 13.7. The van der Waals surface area contributed by atoms with Gasteiger partial charge >= 0.3 is 5.97 Å². The van der Waals surface area contributed by atoms with Crippen LogP contribution in [0.4, 0.5) is 0 Å². The van der Waals surface area contributed by atoms with Crippen LogP contribution in [0.2, 0.25) is 0 Å². The molecule has 0 radical (unpaired) electrons. The number of fused-ring (bicyclic) bond motifs is 7. The van der Waals surface area contributed by atoms with E-state index in [-0.39, 0.29) is 5.41 Å². The number of carbonyl (C=O) groups is 1. The Morgan fingerprint density at radius 3 is 2.25 bits per heavy atom. The lowest BCUT2D eigenvalue weighted by atomic mass is 9.33. The maximum atomic E-state index is 12.8. The number of hydrogen-bond acceptors (Lipinski definition) is 1. The Morgan fingerprint density at radius 2 is 1.59 bits per heavy atom. The van der Waals surface area contributed by atoms with Crippen molar-refractivity contribution in [3.8, 4) is 0 Å². The van der Waals surface area contributed by atoms with Crippen molar-refractivity contribution < 1.29 is 9.90 Å². The first kappa shape index (κ1) is 23.0. The quantitative estimate of drug-likeness (QED) is 0.442. The lowest BCUT2D eigenvalue weighted by molar-refractivity contribution is -0.230. The number of rotatable bonds is 2. The largest absolute Gasteiger partial charge is 0.481 e. The molecule has 5 aliphatic rings.